The van der Waals surface area contributed by atoms with E-state index in [1.807, 2.05) is 0 Å². The number of anilines is 3. The molecule has 0 radical (unpaired) electrons. The zero-order valence-electron chi connectivity index (χ0n) is 33.0. The summed E-state index contributed by atoms with van der Waals surface area (Å²) in [4.78, 5) is 2.48. The molecule has 0 N–H and O–H groups in total. The van der Waals surface area contributed by atoms with E-state index >= 15 is 0 Å². The van der Waals surface area contributed by atoms with Crippen LogP contribution in [0.4, 0.5) is 17.1 Å². The van der Waals surface area contributed by atoms with Gasteiger partial charge in [-0.1, -0.05) is 131 Å². The fourth-order valence-electron chi connectivity index (χ4n) is 12.8. The molecule has 4 saturated carbocycles. The molecule has 6 aliphatic rings. The van der Waals surface area contributed by atoms with Gasteiger partial charge in [0.05, 0.1) is 0 Å². The summed E-state index contributed by atoms with van der Waals surface area (Å²) >= 11 is 0. The van der Waals surface area contributed by atoms with Gasteiger partial charge >= 0.3 is 0 Å². The van der Waals surface area contributed by atoms with Crippen molar-refractivity contribution in [3.63, 3.8) is 0 Å². The van der Waals surface area contributed by atoms with E-state index in [4.69, 9.17) is 0 Å². The normalized spacial score (nSPS) is 26.0. The Balaban J connectivity index is 1.03. The maximum Gasteiger partial charge on any atom is 0.0464 e. The molecular formula is C54H53N. The minimum atomic E-state index is 0.131. The summed E-state index contributed by atoms with van der Waals surface area (Å²) in [5.74, 6) is 3.45. The number of hydrogen-bond acceptors (Lipinski definition) is 1. The lowest BCUT2D eigenvalue weighted by Gasteiger charge is -2.61. The summed E-state index contributed by atoms with van der Waals surface area (Å²) in [5.41, 5.74) is 18.5. The third-order valence-corrected chi connectivity index (χ3v) is 15.3. The van der Waals surface area contributed by atoms with Crippen LogP contribution in [0, 0.1) is 23.7 Å². The molecule has 0 unspecified atom stereocenters. The Morgan fingerprint density at radius 2 is 0.945 bits per heavy atom. The third kappa shape index (κ3) is 4.97. The van der Waals surface area contributed by atoms with E-state index in [1.165, 1.54) is 107 Å². The van der Waals surface area contributed by atoms with E-state index < -0.39 is 0 Å². The van der Waals surface area contributed by atoms with Gasteiger partial charge in [-0.05, 0) is 171 Å². The molecule has 4 fully saturated rings. The van der Waals surface area contributed by atoms with Crippen LogP contribution in [0.15, 0.2) is 140 Å². The summed E-state index contributed by atoms with van der Waals surface area (Å²) in [5, 5.41) is 0. The van der Waals surface area contributed by atoms with Crippen molar-refractivity contribution in [1.29, 1.82) is 0 Å². The highest BCUT2D eigenvalue weighted by Gasteiger charge is 2.61. The second kappa shape index (κ2) is 12.1. The Morgan fingerprint density at radius 3 is 1.62 bits per heavy atom. The second-order valence-corrected chi connectivity index (χ2v) is 19.2. The zero-order chi connectivity index (χ0) is 37.1. The van der Waals surface area contributed by atoms with Crippen molar-refractivity contribution in [2.75, 3.05) is 4.90 Å². The van der Waals surface area contributed by atoms with Gasteiger partial charge in [0.25, 0.3) is 0 Å². The Morgan fingerprint density at radius 1 is 0.418 bits per heavy atom. The zero-order valence-corrected chi connectivity index (χ0v) is 33.0. The minimum absolute atomic E-state index is 0.131. The molecule has 6 aromatic rings. The van der Waals surface area contributed by atoms with Crippen LogP contribution in [-0.2, 0) is 16.2 Å². The van der Waals surface area contributed by atoms with Crippen LogP contribution in [0.1, 0.15) is 94.9 Å². The van der Waals surface area contributed by atoms with Crippen LogP contribution in [-0.4, -0.2) is 0 Å². The van der Waals surface area contributed by atoms with Crippen molar-refractivity contribution in [2.24, 2.45) is 23.7 Å². The van der Waals surface area contributed by atoms with E-state index in [0.29, 0.717) is 0 Å². The van der Waals surface area contributed by atoms with Crippen molar-refractivity contribution in [1.82, 2.24) is 0 Å². The highest BCUT2D eigenvalue weighted by Crippen LogP contribution is 2.70. The molecule has 12 rings (SSSR count). The fourth-order valence-corrected chi connectivity index (χ4v) is 12.8. The molecule has 0 atom stereocenters. The second-order valence-electron chi connectivity index (χ2n) is 19.2. The number of benzene rings is 6. The van der Waals surface area contributed by atoms with Crippen LogP contribution < -0.4 is 4.90 Å². The van der Waals surface area contributed by atoms with Crippen molar-refractivity contribution in [3.8, 4) is 33.4 Å². The first-order valence-electron chi connectivity index (χ1n) is 21.2. The fraction of sp³-hybridized carbons (Fsp3) is 0.333. The molecule has 0 aromatic heterocycles. The molecule has 0 aliphatic heterocycles. The van der Waals surface area contributed by atoms with E-state index in [-0.39, 0.29) is 16.2 Å². The number of rotatable bonds is 5. The van der Waals surface area contributed by atoms with Crippen LogP contribution in [0.5, 0.6) is 0 Å². The molecule has 1 nitrogen and oxygen atoms in total. The van der Waals surface area contributed by atoms with Gasteiger partial charge in [-0.2, -0.15) is 0 Å². The average Bonchev–Trinajstić information content (AvgIpc) is 3.50. The lowest BCUT2D eigenvalue weighted by molar-refractivity contribution is -0.0399. The van der Waals surface area contributed by atoms with Gasteiger partial charge in [0, 0.05) is 22.5 Å². The average molecular weight is 716 g/mol. The molecule has 0 amide bonds. The Hall–Kier alpha value is -4.88. The van der Waals surface area contributed by atoms with E-state index in [9.17, 15) is 0 Å². The maximum absolute atomic E-state index is 2.52. The lowest BCUT2D eigenvalue weighted by atomic mass is 9.43. The summed E-state index contributed by atoms with van der Waals surface area (Å²) in [6.07, 6.45) is 9.57. The largest absolute Gasteiger partial charge is 0.310 e. The van der Waals surface area contributed by atoms with Crippen molar-refractivity contribution in [3.05, 3.63) is 162 Å². The maximum atomic E-state index is 2.52. The Kier molecular flexibility index (Phi) is 7.34. The molecule has 0 saturated heterocycles. The molecular weight excluding hydrogens is 663 g/mol. The van der Waals surface area contributed by atoms with Gasteiger partial charge in [0.2, 0.25) is 0 Å². The van der Waals surface area contributed by atoms with Crippen LogP contribution in [0.2, 0.25) is 0 Å². The van der Waals surface area contributed by atoms with E-state index in [0.717, 1.165) is 23.7 Å². The standard InChI is InChI=1S/C54H53N/c1-52(2)27-28-53(3,4)50-34-44(25-26-48(50)52)55(42-21-17-38(18-22-42)37-11-6-5-7-12-37)43-23-19-39(20-24-43)45-14-10-16-49-51(45)46-13-8-9-15-47(46)54(49)40-30-35-29-36(32-40)33-41(54)31-35/h5-26,34-36,40-41H,27-33H2,1-4H3. The molecule has 6 aliphatic carbocycles. The van der Waals surface area contributed by atoms with Crippen molar-refractivity contribution in [2.45, 2.75) is 88.9 Å². The molecule has 274 valence electrons. The van der Waals surface area contributed by atoms with Gasteiger partial charge in [-0.3, -0.25) is 0 Å². The Labute approximate surface area is 328 Å². The quantitative estimate of drug-likeness (QED) is 0.172. The highest BCUT2D eigenvalue weighted by atomic mass is 15.1. The molecule has 6 aromatic carbocycles. The van der Waals surface area contributed by atoms with Crippen molar-refractivity contribution < 1.29 is 0 Å². The van der Waals surface area contributed by atoms with Crippen LogP contribution >= 0.6 is 0 Å². The van der Waals surface area contributed by atoms with Gasteiger partial charge in [-0.25, -0.2) is 0 Å². The highest BCUT2D eigenvalue weighted by molar-refractivity contribution is 5.93. The van der Waals surface area contributed by atoms with Gasteiger partial charge in [-0.15, -0.1) is 0 Å². The smallest absolute Gasteiger partial charge is 0.0464 e. The molecule has 4 bridgehead atoms. The summed E-state index contributed by atoms with van der Waals surface area (Å²) < 4.78 is 0. The first-order valence-corrected chi connectivity index (χ1v) is 21.2. The predicted octanol–water partition coefficient (Wildman–Crippen LogP) is 14.6. The number of nitrogens with zero attached hydrogens (tertiary/aromatic N) is 1. The lowest BCUT2D eigenvalue weighted by Crippen LogP contribution is -2.55. The van der Waals surface area contributed by atoms with E-state index in [2.05, 4.69) is 172 Å². The van der Waals surface area contributed by atoms with Gasteiger partial charge in [0.15, 0.2) is 0 Å². The van der Waals surface area contributed by atoms with Gasteiger partial charge < -0.3 is 4.90 Å². The molecule has 1 spiro atoms. The van der Waals surface area contributed by atoms with Crippen LogP contribution in [0.25, 0.3) is 33.4 Å². The molecule has 1 heteroatoms. The molecule has 0 heterocycles. The van der Waals surface area contributed by atoms with E-state index in [1.54, 1.807) is 11.1 Å². The first-order chi connectivity index (χ1) is 26.7. The SMILES string of the molecule is CC1(C)CCC(C)(C)c2cc(N(c3ccc(-c4ccccc4)cc3)c3ccc(-c4cccc5c4-c4ccccc4C54C5CC6CC(C5)CC4C6)cc3)ccc21. The summed E-state index contributed by atoms with van der Waals surface area (Å²) in [6, 6.07) is 53.5. The number of hydrogen-bond donors (Lipinski definition) is 0. The first kappa shape index (κ1) is 33.5. The molecule has 55 heavy (non-hydrogen) atoms. The topological polar surface area (TPSA) is 3.24 Å². The third-order valence-electron chi connectivity index (χ3n) is 15.3. The monoisotopic (exact) mass is 715 g/mol. The van der Waals surface area contributed by atoms with Crippen LogP contribution in [0.3, 0.4) is 0 Å². The summed E-state index contributed by atoms with van der Waals surface area (Å²) in [6.45, 7) is 9.71. The van der Waals surface area contributed by atoms with Crippen molar-refractivity contribution >= 4 is 17.1 Å². The van der Waals surface area contributed by atoms with Gasteiger partial charge in [0.1, 0.15) is 0 Å². The minimum Gasteiger partial charge on any atom is -0.310 e. The Bertz CT molecular complexity index is 2400. The number of fused-ring (bicyclic) bond motifs is 4. The predicted molar refractivity (Wildman–Crippen MR) is 231 cm³/mol. The summed E-state index contributed by atoms with van der Waals surface area (Å²) in [7, 11) is 0.